The van der Waals surface area contributed by atoms with E-state index in [1.54, 1.807) is 0 Å². The van der Waals surface area contributed by atoms with E-state index >= 15 is 0 Å². The van der Waals surface area contributed by atoms with Crippen LogP contribution in [0.4, 0.5) is 0 Å². The van der Waals surface area contributed by atoms with Crippen LogP contribution in [-0.4, -0.2) is 192 Å². The zero-order valence-corrected chi connectivity index (χ0v) is 44.8. The van der Waals surface area contributed by atoms with E-state index in [4.69, 9.17) is 16.5 Å². The third-order valence-corrected chi connectivity index (χ3v) is 15.6. The molecule has 2 saturated heterocycles. The molecule has 76 heavy (non-hydrogen) atoms. The van der Waals surface area contributed by atoms with Crippen molar-refractivity contribution in [3.8, 4) is 5.75 Å². The van der Waals surface area contributed by atoms with Crippen LogP contribution >= 0.6 is 0 Å². The molecule has 1 saturated carbocycles. The summed E-state index contributed by atoms with van der Waals surface area (Å²) in [5.74, 6) is -4.53. The van der Waals surface area contributed by atoms with Gasteiger partial charge in [0.15, 0.2) is 0 Å². The highest BCUT2D eigenvalue weighted by Crippen LogP contribution is 2.40. The minimum Gasteiger partial charge on any atom is -0.508 e. The van der Waals surface area contributed by atoms with Gasteiger partial charge in [-0.05, 0) is 81.0 Å². The van der Waals surface area contributed by atoms with Gasteiger partial charge in [0.1, 0.15) is 54.3 Å². The number of rotatable bonds is 23. The second-order valence-corrected chi connectivity index (χ2v) is 21.7. The normalized spacial score (nSPS) is 29.3. The van der Waals surface area contributed by atoms with Crippen LogP contribution in [0.25, 0.3) is 0 Å². The maximum absolute atomic E-state index is 14.7. The number of hydrogen-bond donors (Lipinski definition) is 14. The van der Waals surface area contributed by atoms with E-state index in [0.717, 1.165) is 37.0 Å². The average Bonchev–Trinajstić information content (AvgIpc) is 3.95. The smallest absolute Gasteiger partial charge is 0.248 e. The molecule has 4 aliphatic rings. The fourth-order valence-corrected chi connectivity index (χ4v) is 10.9. The third kappa shape index (κ3) is 16.8. The number of carbonyl (C=O) groups excluding carboxylic acids is 6. The first-order chi connectivity index (χ1) is 36.2. The third-order valence-electron chi connectivity index (χ3n) is 15.6. The number of fused-ring (bicyclic) bond motifs is 1. The summed E-state index contributed by atoms with van der Waals surface area (Å²) in [6.07, 6.45) is -2.36. The van der Waals surface area contributed by atoms with Crippen molar-refractivity contribution < 1.29 is 64.5 Å². The van der Waals surface area contributed by atoms with Crippen molar-refractivity contribution in [2.45, 2.75) is 203 Å². The van der Waals surface area contributed by atoms with E-state index in [1.807, 2.05) is 0 Å². The Morgan fingerprint density at radius 1 is 0.789 bits per heavy atom. The molecule has 428 valence electrons. The van der Waals surface area contributed by atoms with Gasteiger partial charge in [0.25, 0.3) is 0 Å². The summed E-state index contributed by atoms with van der Waals surface area (Å²) in [4.78, 5) is 93.4. The Balaban J connectivity index is 1.48. The van der Waals surface area contributed by atoms with Crippen LogP contribution in [0.3, 0.4) is 0 Å². The molecule has 0 bridgehead atoms. The number of aliphatic hydroxyl groups excluding tert-OH is 6. The molecule has 5 rings (SSSR count). The zero-order chi connectivity index (χ0) is 55.8. The number of nitrogens with two attached hydrogens (primary N) is 2. The van der Waals surface area contributed by atoms with Crippen molar-refractivity contribution in [1.29, 1.82) is 0 Å². The Bertz CT molecular complexity index is 2100. The predicted molar refractivity (Wildman–Crippen MR) is 282 cm³/mol. The quantitative estimate of drug-likeness (QED) is 0.0565. The van der Waals surface area contributed by atoms with Crippen molar-refractivity contribution in [2.24, 2.45) is 34.2 Å². The van der Waals surface area contributed by atoms with Gasteiger partial charge in [0.05, 0.1) is 30.5 Å². The molecule has 3 heterocycles. The van der Waals surface area contributed by atoms with E-state index in [2.05, 4.69) is 47.4 Å². The predicted octanol–water partition coefficient (Wildman–Crippen LogP) is -1.33. The number of carbonyl (C=O) groups is 6. The molecule has 1 aromatic rings. The van der Waals surface area contributed by atoms with E-state index in [9.17, 15) is 64.5 Å². The van der Waals surface area contributed by atoms with Crippen LogP contribution in [0, 0.1) is 17.8 Å². The summed E-state index contributed by atoms with van der Waals surface area (Å²) in [6, 6.07) is -4.44. The van der Waals surface area contributed by atoms with Crippen molar-refractivity contribution in [3.63, 3.8) is 0 Å². The van der Waals surface area contributed by atoms with Gasteiger partial charge < -0.3 is 78.3 Å². The standard InChI is InChI=1S/C53H88N10O13/c1-5-29(2)24-30(3)12-10-8-6-7-9-11-13-41(69)57-37-27-40(68)48(56-22-21-55)58-36-25-33-19-23-62(45(33)36)53(76)43(39(67)18-20-54)60-51(74)44(47(71)46(70)32-14-16-34(65)17-15-32)61-50(73)38-26-35(66)28-63(38)52(75)42(31(4)64)59-49(37)72/h14-17,29-31,33,35,37-40,42-48,56,64-68,70-71H,5-13,18-28,54-55H2,1-4H3,(H,57,69)(H,59,72)(H,60,74)(H,61,73). The largest absolute Gasteiger partial charge is 0.508 e. The number of amides is 6. The Morgan fingerprint density at radius 2 is 1.43 bits per heavy atom. The molecule has 3 fully saturated rings. The maximum atomic E-state index is 14.7. The van der Waals surface area contributed by atoms with Gasteiger partial charge in [-0.2, -0.15) is 0 Å². The molecule has 0 spiro atoms. The van der Waals surface area contributed by atoms with Gasteiger partial charge in [-0.15, -0.1) is 0 Å². The van der Waals surface area contributed by atoms with Crippen LogP contribution in [0.1, 0.15) is 136 Å². The van der Waals surface area contributed by atoms with Gasteiger partial charge in [-0.1, -0.05) is 77.8 Å². The number of benzene rings is 1. The molecule has 1 aromatic carbocycles. The molecule has 23 nitrogen and oxygen atoms in total. The van der Waals surface area contributed by atoms with E-state index < -0.39 is 134 Å². The second kappa shape index (κ2) is 29.8. The number of aliphatic imine (C=N–C) groups is 1. The summed E-state index contributed by atoms with van der Waals surface area (Å²) in [7, 11) is 0. The van der Waals surface area contributed by atoms with Crippen LogP contribution < -0.4 is 38.1 Å². The minimum absolute atomic E-state index is 0.00600. The first-order valence-corrected chi connectivity index (χ1v) is 27.6. The summed E-state index contributed by atoms with van der Waals surface area (Å²) in [5.41, 5.74) is 12.2. The van der Waals surface area contributed by atoms with Crippen molar-refractivity contribution in [3.05, 3.63) is 29.8 Å². The lowest BCUT2D eigenvalue weighted by Gasteiger charge is -2.41. The number of phenols is 1. The Morgan fingerprint density at radius 3 is 2.09 bits per heavy atom. The van der Waals surface area contributed by atoms with Crippen molar-refractivity contribution >= 4 is 41.2 Å². The van der Waals surface area contributed by atoms with Gasteiger partial charge in [0.2, 0.25) is 35.4 Å². The summed E-state index contributed by atoms with van der Waals surface area (Å²) >= 11 is 0. The van der Waals surface area contributed by atoms with Crippen molar-refractivity contribution in [1.82, 2.24) is 36.4 Å². The molecule has 1 aliphatic carbocycles. The topological polar surface area (TPSA) is 375 Å². The molecule has 16 atom stereocenters. The summed E-state index contributed by atoms with van der Waals surface area (Å²) < 4.78 is 0. The highest BCUT2D eigenvalue weighted by atomic mass is 16.3. The zero-order valence-electron chi connectivity index (χ0n) is 44.8. The SMILES string of the molecule is CCC(C)CC(C)CCCCCCCCC(=O)NC1CC(O)C(NCCN)N=C2CC3CCN(C(=O)C(C(O)CCN)NC(=O)C(C(O)C(O)c4ccc(O)cc4)NC(=O)C4CC(O)CN4C(=O)C(C(C)O)NC1=O)C23. The lowest BCUT2D eigenvalue weighted by atomic mass is 9.77. The lowest BCUT2D eigenvalue weighted by Crippen LogP contribution is -2.64. The van der Waals surface area contributed by atoms with Crippen LogP contribution in [-0.2, 0) is 28.8 Å². The number of aliphatic hydroxyl groups is 6. The highest BCUT2D eigenvalue weighted by Gasteiger charge is 2.51. The monoisotopic (exact) mass is 1070 g/mol. The van der Waals surface area contributed by atoms with Crippen LogP contribution in [0.15, 0.2) is 29.3 Å². The molecule has 23 heteroatoms. The Hall–Kier alpha value is -4.85. The number of nitrogens with one attached hydrogen (secondary N) is 5. The van der Waals surface area contributed by atoms with Gasteiger partial charge in [0, 0.05) is 51.2 Å². The minimum atomic E-state index is -2.18. The van der Waals surface area contributed by atoms with Gasteiger partial charge in [-0.25, -0.2) is 0 Å². The average molecular weight is 1070 g/mol. The number of hydrogen-bond acceptors (Lipinski definition) is 17. The molecule has 16 unspecified atom stereocenters. The number of phenolic OH excluding ortho intramolecular Hbond substituents is 1. The second-order valence-electron chi connectivity index (χ2n) is 21.7. The molecule has 0 aromatic heterocycles. The number of aromatic hydroxyl groups is 1. The number of unbranched alkanes of at least 4 members (excludes halogenated alkanes) is 5. The Kier molecular flexibility index (Phi) is 24.3. The maximum Gasteiger partial charge on any atom is 0.248 e. The van der Waals surface area contributed by atoms with E-state index in [1.165, 1.54) is 55.4 Å². The molecule has 16 N–H and O–H groups in total. The molecular formula is C53H88N10O13. The van der Waals surface area contributed by atoms with Gasteiger partial charge >= 0.3 is 0 Å². The van der Waals surface area contributed by atoms with Crippen LogP contribution in [0.2, 0.25) is 0 Å². The fourth-order valence-electron chi connectivity index (χ4n) is 10.9. The first-order valence-electron chi connectivity index (χ1n) is 27.6. The summed E-state index contributed by atoms with van der Waals surface area (Å²) in [6.45, 7) is 7.84. The van der Waals surface area contributed by atoms with Crippen LogP contribution in [0.5, 0.6) is 5.75 Å². The molecule has 6 amide bonds. The van der Waals surface area contributed by atoms with Crippen molar-refractivity contribution in [2.75, 3.05) is 32.7 Å². The fraction of sp³-hybridized carbons (Fsp3) is 0.755. The molecule has 3 aliphatic heterocycles. The van der Waals surface area contributed by atoms with E-state index in [0.29, 0.717) is 36.8 Å². The summed E-state index contributed by atoms with van der Waals surface area (Å²) in [5, 5.41) is 91.7. The molecular weight excluding hydrogens is 985 g/mol. The lowest BCUT2D eigenvalue weighted by molar-refractivity contribution is -0.146. The highest BCUT2D eigenvalue weighted by molar-refractivity contribution is 6.01. The first kappa shape index (κ1) is 62.0. The molecule has 0 radical (unpaired) electrons. The Labute approximate surface area is 446 Å². The van der Waals surface area contributed by atoms with E-state index in [-0.39, 0.29) is 56.3 Å². The number of nitrogens with zero attached hydrogens (tertiary/aromatic N) is 3. The van der Waals surface area contributed by atoms with Gasteiger partial charge in [-0.3, -0.25) is 39.1 Å².